The van der Waals surface area contributed by atoms with Crippen LogP contribution in [0.1, 0.15) is 31.2 Å². The topological polar surface area (TPSA) is 92.4 Å². The Labute approximate surface area is 107 Å². The molecule has 4 N–H and O–H groups in total. The summed E-state index contributed by atoms with van der Waals surface area (Å²) in [5, 5.41) is 9.32. The van der Waals surface area contributed by atoms with Crippen molar-refractivity contribution in [2.24, 2.45) is 0 Å². The van der Waals surface area contributed by atoms with Crippen molar-refractivity contribution in [3.05, 3.63) is 23.8 Å². The van der Waals surface area contributed by atoms with Gasteiger partial charge in [0.1, 0.15) is 5.75 Å². The fourth-order valence-corrected chi connectivity index (χ4v) is 3.79. The van der Waals surface area contributed by atoms with Crippen molar-refractivity contribution in [2.75, 3.05) is 5.73 Å². The molecule has 1 aromatic carbocycles. The summed E-state index contributed by atoms with van der Waals surface area (Å²) >= 11 is 0. The molecule has 100 valence electrons. The third-order valence-corrected chi connectivity index (χ3v) is 5.20. The van der Waals surface area contributed by atoms with Crippen molar-refractivity contribution >= 4 is 15.7 Å². The summed E-state index contributed by atoms with van der Waals surface area (Å²) in [6, 6.07) is 4.62. The number of anilines is 1. The highest BCUT2D eigenvalue weighted by Crippen LogP contribution is 2.25. The average Bonchev–Trinajstić information content (AvgIpc) is 2.85. The maximum Gasteiger partial charge on any atom is 0.214 e. The van der Waals surface area contributed by atoms with Crippen molar-refractivity contribution in [1.29, 1.82) is 0 Å². The summed E-state index contributed by atoms with van der Waals surface area (Å²) in [6.07, 6.45) is 3.38. The molecule has 0 spiro atoms. The van der Waals surface area contributed by atoms with E-state index in [1.54, 1.807) is 12.1 Å². The maximum absolute atomic E-state index is 12.0. The third-order valence-electron chi connectivity index (χ3n) is 3.31. The SMILES string of the molecule is Nc1ccc(O)c(CNS(=O)(=O)C2CCCC2)c1. The predicted molar refractivity (Wildman–Crippen MR) is 70.5 cm³/mol. The first-order valence-corrected chi connectivity index (χ1v) is 7.59. The number of phenolic OH excluding ortho intramolecular Hbond substituents is 1. The van der Waals surface area contributed by atoms with Gasteiger partial charge in [-0.05, 0) is 31.0 Å². The summed E-state index contributed by atoms with van der Waals surface area (Å²) in [5.41, 5.74) is 6.60. The molecule has 0 heterocycles. The molecule has 0 bridgehead atoms. The van der Waals surface area contributed by atoms with Crippen LogP contribution in [0.25, 0.3) is 0 Å². The molecular formula is C12H18N2O3S. The Kier molecular flexibility index (Phi) is 3.77. The normalized spacial score (nSPS) is 17.1. The number of nitrogens with one attached hydrogen (secondary N) is 1. The number of benzene rings is 1. The first-order valence-electron chi connectivity index (χ1n) is 6.05. The molecule has 1 aromatic rings. The molecule has 1 fully saturated rings. The summed E-state index contributed by atoms with van der Waals surface area (Å²) in [5.74, 6) is 0.0540. The lowest BCUT2D eigenvalue weighted by atomic mass is 10.2. The van der Waals surface area contributed by atoms with E-state index in [0.29, 0.717) is 11.3 Å². The minimum absolute atomic E-state index is 0.0540. The van der Waals surface area contributed by atoms with Gasteiger partial charge >= 0.3 is 0 Å². The van der Waals surface area contributed by atoms with E-state index in [-0.39, 0.29) is 17.5 Å². The largest absolute Gasteiger partial charge is 0.508 e. The molecule has 1 aliphatic rings. The van der Waals surface area contributed by atoms with Crippen molar-refractivity contribution in [1.82, 2.24) is 4.72 Å². The van der Waals surface area contributed by atoms with Gasteiger partial charge in [-0.25, -0.2) is 13.1 Å². The minimum atomic E-state index is -3.29. The van der Waals surface area contributed by atoms with Gasteiger partial charge in [0.2, 0.25) is 10.0 Å². The van der Waals surface area contributed by atoms with Crippen molar-refractivity contribution in [3.63, 3.8) is 0 Å². The van der Waals surface area contributed by atoms with E-state index < -0.39 is 10.0 Å². The Balaban J connectivity index is 2.04. The fraction of sp³-hybridized carbons (Fsp3) is 0.500. The average molecular weight is 270 g/mol. The highest BCUT2D eigenvalue weighted by molar-refractivity contribution is 7.90. The van der Waals surface area contributed by atoms with E-state index >= 15 is 0 Å². The molecule has 0 atom stereocenters. The Bertz CT molecular complexity index is 522. The van der Waals surface area contributed by atoms with Crippen LogP contribution in [-0.4, -0.2) is 18.8 Å². The van der Waals surface area contributed by atoms with Gasteiger partial charge < -0.3 is 10.8 Å². The van der Waals surface area contributed by atoms with Crippen LogP contribution in [-0.2, 0) is 16.6 Å². The van der Waals surface area contributed by atoms with Crippen LogP contribution in [0.2, 0.25) is 0 Å². The van der Waals surface area contributed by atoms with Crippen LogP contribution in [0.5, 0.6) is 5.75 Å². The number of rotatable bonds is 4. The zero-order valence-corrected chi connectivity index (χ0v) is 10.9. The lowest BCUT2D eigenvalue weighted by molar-refractivity contribution is 0.467. The standard InChI is InChI=1S/C12H18N2O3S/c13-10-5-6-12(15)9(7-10)8-14-18(16,17)11-3-1-2-4-11/h5-7,11,14-15H,1-4,8,13H2. The Morgan fingerprint density at radius 3 is 2.67 bits per heavy atom. The van der Waals surface area contributed by atoms with Crippen molar-refractivity contribution in [2.45, 2.75) is 37.5 Å². The maximum atomic E-state index is 12.0. The van der Waals surface area contributed by atoms with Gasteiger partial charge in [-0.3, -0.25) is 0 Å². The first kappa shape index (κ1) is 13.2. The van der Waals surface area contributed by atoms with E-state index in [4.69, 9.17) is 5.73 Å². The number of hydrogen-bond donors (Lipinski definition) is 3. The van der Waals surface area contributed by atoms with Crippen LogP contribution in [0, 0.1) is 0 Å². The molecule has 5 nitrogen and oxygen atoms in total. The second-order valence-electron chi connectivity index (χ2n) is 4.66. The molecule has 0 aliphatic heterocycles. The van der Waals surface area contributed by atoms with Gasteiger partial charge in [-0.15, -0.1) is 0 Å². The summed E-state index contributed by atoms with van der Waals surface area (Å²) < 4.78 is 26.5. The number of hydrogen-bond acceptors (Lipinski definition) is 4. The second kappa shape index (κ2) is 5.16. The molecule has 6 heteroatoms. The lowest BCUT2D eigenvalue weighted by Crippen LogP contribution is -2.32. The van der Waals surface area contributed by atoms with E-state index in [1.165, 1.54) is 6.07 Å². The quantitative estimate of drug-likeness (QED) is 0.568. The number of phenols is 1. The van der Waals surface area contributed by atoms with Crippen LogP contribution in [0.3, 0.4) is 0 Å². The van der Waals surface area contributed by atoms with Crippen LogP contribution in [0.4, 0.5) is 5.69 Å². The molecule has 0 saturated heterocycles. The van der Waals surface area contributed by atoms with Gasteiger partial charge in [-0.1, -0.05) is 12.8 Å². The molecule has 0 amide bonds. The van der Waals surface area contributed by atoms with Gasteiger partial charge in [-0.2, -0.15) is 0 Å². The highest BCUT2D eigenvalue weighted by atomic mass is 32.2. The van der Waals surface area contributed by atoms with Crippen molar-refractivity contribution < 1.29 is 13.5 Å². The highest BCUT2D eigenvalue weighted by Gasteiger charge is 2.28. The monoisotopic (exact) mass is 270 g/mol. The van der Waals surface area contributed by atoms with Gasteiger partial charge in [0.15, 0.2) is 0 Å². The molecule has 0 radical (unpaired) electrons. The summed E-state index contributed by atoms with van der Waals surface area (Å²) in [7, 11) is -3.29. The molecule has 2 rings (SSSR count). The van der Waals surface area contributed by atoms with E-state index in [2.05, 4.69) is 4.72 Å². The summed E-state index contributed by atoms with van der Waals surface area (Å²) in [6.45, 7) is 0.0791. The zero-order valence-electron chi connectivity index (χ0n) is 10.1. The first-order chi connectivity index (χ1) is 8.49. The minimum Gasteiger partial charge on any atom is -0.508 e. The fourth-order valence-electron chi connectivity index (χ4n) is 2.24. The Morgan fingerprint density at radius 1 is 1.33 bits per heavy atom. The molecule has 0 unspecified atom stereocenters. The van der Waals surface area contributed by atoms with E-state index in [1.807, 2.05) is 0 Å². The molecule has 18 heavy (non-hydrogen) atoms. The third kappa shape index (κ3) is 2.94. The Morgan fingerprint density at radius 2 is 2.00 bits per heavy atom. The van der Waals surface area contributed by atoms with E-state index in [9.17, 15) is 13.5 Å². The number of nitrogens with two attached hydrogens (primary N) is 1. The van der Waals surface area contributed by atoms with Gasteiger partial charge in [0.05, 0.1) is 5.25 Å². The smallest absolute Gasteiger partial charge is 0.214 e. The van der Waals surface area contributed by atoms with Crippen LogP contribution >= 0.6 is 0 Å². The van der Waals surface area contributed by atoms with Crippen molar-refractivity contribution in [3.8, 4) is 5.75 Å². The molecular weight excluding hydrogens is 252 g/mol. The molecule has 1 saturated carbocycles. The lowest BCUT2D eigenvalue weighted by Gasteiger charge is -2.13. The van der Waals surface area contributed by atoms with Gasteiger partial charge in [0.25, 0.3) is 0 Å². The van der Waals surface area contributed by atoms with Gasteiger partial charge in [0, 0.05) is 17.8 Å². The predicted octanol–water partition coefficient (Wildman–Crippen LogP) is 1.34. The van der Waals surface area contributed by atoms with E-state index in [0.717, 1.165) is 25.7 Å². The van der Waals surface area contributed by atoms with Crippen LogP contribution < -0.4 is 10.5 Å². The van der Waals surface area contributed by atoms with Crippen LogP contribution in [0.15, 0.2) is 18.2 Å². The number of aromatic hydroxyl groups is 1. The Hall–Kier alpha value is -1.27. The second-order valence-corrected chi connectivity index (χ2v) is 6.71. The molecule has 0 aromatic heterocycles. The number of sulfonamides is 1. The number of nitrogen functional groups attached to an aromatic ring is 1. The summed E-state index contributed by atoms with van der Waals surface area (Å²) in [4.78, 5) is 0. The molecule has 1 aliphatic carbocycles. The zero-order chi connectivity index (χ0) is 13.2.